The fourth-order valence-electron chi connectivity index (χ4n) is 2.27. The van der Waals surface area contributed by atoms with Gasteiger partial charge in [0.1, 0.15) is 11.8 Å². The summed E-state index contributed by atoms with van der Waals surface area (Å²) in [5.41, 5.74) is 5.55. The summed E-state index contributed by atoms with van der Waals surface area (Å²) in [4.78, 5) is 35.1. The van der Waals surface area contributed by atoms with E-state index in [9.17, 15) is 14.4 Å². The van der Waals surface area contributed by atoms with E-state index in [-0.39, 0.29) is 11.1 Å². The third kappa shape index (κ3) is 4.47. The lowest BCUT2D eigenvalue weighted by Gasteiger charge is -2.25. The van der Waals surface area contributed by atoms with E-state index in [1.807, 2.05) is 0 Å². The number of amides is 2. The van der Waals surface area contributed by atoms with Gasteiger partial charge in [0.15, 0.2) is 0 Å². The van der Waals surface area contributed by atoms with Crippen LogP contribution in [-0.4, -0.2) is 37.5 Å². The Morgan fingerprint density at radius 1 is 1.25 bits per heavy atom. The number of benzene rings is 1. The van der Waals surface area contributed by atoms with Crippen molar-refractivity contribution in [2.24, 2.45) is 11.7 Å². The number of carbonyl (C=O) groups is 3. The Balaban J connectivity index is 2.19. The highest BCUT2D eigenvalue weighted by Crippen LogP contribution is 2.27. The van der Waals surface area contributed by atoms with Crippen molar-refractivity contribution >= 4 is 17.8 Å². The Kier molecular flexibility index (Phi) is 5.78. The average molecular weight is 334 g/mol. The molecule has 1 aromatic carbocycles. The maximum atomic E-state index is 12.3. The molecule has 1 atom stereocenters. The molecule has 0 heterocycles. The standard InChI is InChI=1S/C17H22N2O5/c1-10(15(18)20)19-16(21)12-6-13(17(22)23-2)8-14(7-12)24-9-11-4-3-5-11/h6-8,10-11H,3-5,9H2,1-2H3,(H2,18,20)(H,19,21)/t10-/m1/s1. The second kappa shape index (κ2) is 7.81. The number of ether oxygens (including phenoxy) is 2. The predicted molar refractivity (Wildman–Crippen MR) is 86.7 cm³/mol. The summed E-state index contributed by atoms with van der Waals surface area (Å²) < 4.78 is 10.4. The molecule has 0 unspecified atom stereocenters. The molecule has 1 aliphatic carbocycles. The van der Waals surface area contributed by atoms with Gasteiger partial charge in [-0.3, -0.25) is 9.59 Å². The molecule has 0 aliphatic heterocycles. The molecule has 130 valence electrons. The highest BCUT2D eigenvalue weighted by atomic mass is 16.5. The summed E-state index contributed by atoms with van der Waals surface area (Å²) in [6.45, 7) is 2.03. The van der Waals surface area contributed by atoms with Crippen LogP contribution in [0.4, 0.5) is 0 Å². The minimum Gasteiger partial charge on any atom is -0.493 e. The average Bonchev–Trinajstić information content (AvgIpc) is 2.52. The summed E-state index contributed by atoms with van der Waals surface area (Å²) >= 11 is 0. The summed E-state index contributed by atoms with van der Waals surface area (Å²) in [5, 5.41) is 2.47. The van der Waals surface area contributed by atoms with Crippen LogP contribution in [0, 0.1) is 5.92 Å². The van der Waals surface area contributed by atoms with Crippen molar-refractivity contribution in [2.75, 3.05) is 13.7 Å². The zero-order valence-electron chi connectivity index (χ0n) is 13.8. The maximum Gasteiger partial charge on any atom is 0.338 e. The van der Waals surface area contributed by atoms with Gasteiger partial charge in [0, 0.05) is 5.56 Å². The van der Waals surface area contributed by atoms with Crippen LogP contribution < -0.4 is 15.8 Å². The van der Waals surface area contributed by atoms with Crippen LogP contribution in [0.25, 0.3) is 0 Å². The van der Waals surface area contributed by atoms with Crippen LogP contribution >= 0.6 is 0 Å². The Labute approximate surface area is 140 Å². The van der Waals surface area contributed by atoms with Crippen molar-refractivity contribution in [1.29, 1.82) is 0 Å². The Bertz CT molecular complexity index is 640. The molecule has 0 saturated heterocycles. The lowest BCUT2D eigenvalue weighted by atomic mass is 9.86. The van der Waals surface area contributed by atoms with Crippen LogP contribution in [0.5, 0.6) is 5.75 Å². The van der Waals surface area contributed by atoms with E-state index in [1.54, 1.807) is 6.07 Å². The number of carbonyl (C=O) groups excluding carboxylic acids is 3. The summed E-state index contributed by atoms with van der Waals surface area (Å²) in [6.07, 6.45) is 3.45. The van der Waals surface area contributed by atoms with Gasteiger partial charge in [-0.2, -0.15) is 0 Å². The fourth-order valence-corrected chi connectivity index (χ4v) is 2.27. The van der Waals surface area contributed by atoms with Crippen molar-refractivity contribution in [3.8, 4) is 5.75 Å². The molecule has 2 amide bonds. The molecule has 7 heteroatoms. The van der Waals surface area contributed by atoms with E-state index in [0.717, 1.165) is 12.8 Å². The molecule has 24 heavy (non-hydrogen) atoms. The van der Waals surface area contributed by atoms with E-state index in [2.05, 4.69) is 5.32 Å². The zero-order chi connectivity index (χ0) is 17.7. The van der Waals surface area contributed by atoms with Gasteiger partial charge in [0.2, 0.25) is 5.91 Å². The first-order valence-corrected chi connectivity index (χ1v) is 7.87. The van der Waals surface area contributed by atoms with Crippen LogP contribution in [-0.2, 0) is 9.53 Å². The highest BCUT2D eigenvalue weighted by molar-refractivity contribution is 6.00. The van der Waals surface area contributed by atoms with Crippen molar-refractivity contribution in [3.63, 3.8) is 0 Å². The highest BCUT2D eigenvalue weighted by Gasteiger charge is 2.20. The second-order valence-electron chi connectivity index (χ2n) is 5.94. The van der Waals surface area contributed by atoms with Crippen LogP contribution in [0.15, 0.2) is 18.2 Å². The van der Waals surface area contributed by atoms with Gasteiger partial charge >= 0.3 is 5.97 Å². The summed E-state index contributed by atoms with van der Waals surface area (Å²) in [7, 11) is 1.26. The number of hydrogen-bond donors (Lipinski definition) is 2. The van der Waals surface area contributed by atoms with Crippen LogP contribution in [0.2, 0.25) is 0 Å². The zero-order valence-corrected chi connectivity index (χ0v) is 13.8. The largest absolute Gasteiger partial charge is 0.493 e. The van der Waals surface area contributed by atoms with E-state index >= 15 is 0 Å². The first-order valence-electron chi connectivity index (χ1n) is 7.87. The number of rotatable bonds is 7. The topological polar surface area (TPSA) is 108 Å². The van der Waals surface area contributed by atoms with Gasteiger partial charge in [-0.05, 0) is 43.9 Å². The van der Waals surface area contributed by atoms with Crippen molar-refractivity contribution in [1.82, 2.24) is 5.32 Å². The van der Waals surface area contributed by atoms with E-state index in [1.165, 1.54) is 32.6 Å². The molecule has 2 rings (SSSR count). The quantitative estimate of drug-likeness (QED) is 0.730. The first-order chi connectivity index (χ1) is 11.4. The minimum absolute atomic E-state index is 0.203. The fraction of sp³-hybridized carbons (Fsp3) is 0.471. The van der Waals surface area contributed by atoms with Crippen LogP contribution in [0.3, 0.4) is 0 Å². The Morgan fingerprint density at radius 2 is 1.92 bits per heavy atom. The van der Waals surface area contributed by atoms with E-state index in [4.69, 9.17) is 15.2 Å². The van der Waals surface area contributed by atoms with Crippen molar-refractivity contribution < 1.29 is 23.9 Å². The molecule has 1 aliphatic rings. The van der Waals surface area contributed by atoms with Crippen molar-refractivity contribution in [2.45, 2.75) is 32.2 Å². The molecule has 3 N–H and O–H groups in total. The lowest BCUT2D eigenvalue weighted by Crippen LogP contribution is -2.42. The van der Waals surface area contributed by atoms with Gasteiger partial charge in [-0.25, -0.2) is 4.79 Å². The summed E-state index contributed by atoms with van der Waals surface area (Å²) in [5.74, 6) is -0.795. The van der Waals surface area contributed by atoms with Gasteiger partial charge in [-0.15, -0.1) is 0 Å². The lowest BCUT2D eigenvalue weighted by molar-refractivity contribution is -0.119. The number of methoxy groups -OCH3 is 1. The smallest absolute Gasteiger partial charge is 0.338 e. The number of primary amides is 1. The molecule has 1 fully saturated rings. The first kappa shape index (κ1) is 17.8. The third-order valence-corrected chi connectivity index (χ3v) is 4.07. The molecule has 1 saturated carbocycles. The molecule has 0 spiro atoms. The number of hydrogen-bond acceptors (Lipinski definition) is 5. The predicted octanol–water partition coefficient (Wildman–Crippen LogP) is 1.26. The molecular formula is C17H22N2O5. The normalized spacial score (nSPS) is 15.1. The monoisotopic (exact) mass is 334 g/mol. The molecular weight excluding hydrogens is 312 g/mol. The summed E-state index contributed by atoms with van der Waals surface area (Å²) in [6, 6.07) is 3.65. The maximum absolute atomic E-state index is 12.3. The number of nitrogens with one attached hydrogen (secondary N) is 1. The minimum atomic E-state index is -0.821. The van der Waals surface area contributed by atoms with Crippen LogP contribution in [0.1, 0.15) is 46.9 Å². The molecule has 0 bridgehead atoms. The SMILES string of the molecule is COC(=O)c1cc(OCC2CCC2)cc(C(=O)N[C@H](C)C(N)=O)c1. The molecule has 1 aromatic rings. The van der Waals surface area contributed by atoms with E-state index < -0.39 is 23.8 Å². The molecule has 0 radical (unpaired) electrons. The number of esters is 1. The molecule has 0 aromatic heterocycles. The van der Waals surface area contributed by atoms with E-state index in [0.29, 0.717) is 18.3 Å². The van der Waals surface area contributed by atoms with Gasteiger partial charge in [-0.1, -0.05) is 6.42 Å². The van der Waals surface area contributed by atoms with Crippen molar-refractivity contribution in [3.05, 3.63) is 29.3 Å². The molecule has 7 nitrogen and oxygen atoms in total. The second-order valence-corrected chi connectivity index (χ2v) is 5.94. The van der Waals surface area contributed by atoms with Gasteiger partial charge in [0.25, 0.3) is 5.91 Å². The Hall–Kier alpha value is -2.57. The van der Waals surface area contributed by atoms with Gasteiger partial charge in [0.05, 0.1) is 19.3 Å². The van der Waals surface area contributed by atoms with Gasteiger partial charge < -0.3 is 20.5 Å². The third-order valence-electron chi connectivity index (χ3n) is 4.07. The number of nitrogens with two attached hydrogens (primary N) is 1. The Morgan fingerprint density at radius 3 is 2.46 bits per heavy atom.